The summed E-state index contributed by atoms with van der Waals surface area (Å²) < 4.78 is 1.93. The molecule has 8 heteroatoms. The van der Waals surface area contributed by atoms with E-state index >= 15 is 0 Å². The zero-order chi connectivity index (χ0) is 14.7. The number of amides is 2. The van der Waals surface area contributed by atoms with Crippen molar-refractivity contribution in [2.24, 2.45) is 5.73 Å². The number of hydrogen-bond donors (Lipinski definition) is 2. The molecule has 20 heavy (non-hydrogen) atoms. The van der Waals surface area contributed by atoms with Crippen LogP contribution >= 0.6 is 27.5 Å². The Labute approximate surface area is 128 Å². The Balaban J connectivity index is 2.11. The molecule has 2 rings (SSSR count). The number of rotatable bonds is 4. The van der Waals surface area contributed by atoms with E-state index in [2.05, 4.69) is 26.3 Å². The number of nitrogens with zero attached hydrogens (tertiary/aromatic N) is 2. The lowest BCUT2D eigenvalue weighted by Gasteiger charge is -2.05. The van der Waals surface area contributed by atoms with Crippen LogP contribution in [-0.4, -0.2) is 21.6 Å². The van der Waals surface area contributed by atoms with Crippen molar-refractivity contribution in [1.29, 1.82) is 0 Å². The molecule has 1 aromatic carbocycles. The van der Waals surface area contributed by atoms with Gasteiger partial charge in [0.15, 0.2) is 0 Å². The Hall–Kier alpha value is -1.86. The Kier molecular flexibility index (Phi) is 4.41. The lowest BCUT2D eigenvalue weighted by molar-refractivity contribution is -0.118. The van der Waals surface area contributed by atoms with Crippen molar-refractivity contribution >= 4 is 45.0 Å². The van der Waals surface area contributed by atoms with E-state index in [0.717, 1.165) is 0 Å². The Morgan fingerprint density at radius 2 is 2.20 bits per heavy atom. The first kappa shape index (κ1) is 14.5. The summed E-state index contributed by atoms with van der Waals surface area (Å²) in [6.45, 7) is -0.0412. The van der Waals surface area contributed by atoms with Gasteiger partial charge >= 0.3 is 0 Å². The van der Waals surface area contributed by atoms with Gasteiger partial charge in [0.05, 0.1) is 17.4 Å². The predicted octanol–water partition coefficient (Wildman–Crippen LogP) is 2.04. The quantitative estimate of drug-likeness (QED) is 0.877. The molecule has 1 heterocycles. The number of aromatic nitrogens is 2. The molecule has 0 spiro atoms. The van der Waals surface area contributed by atoms with Crippen molar-refractivity contribution in [2.75, 3.05) is 5.32 Å². The standard InChI is InChI=1S/C12H10BrClN4O2/c13-10-3-7(14)1-2-9(10)12(20)17-8-4-16-18(5-8)6-11(15)19/h1-5H,6H2,(H2,15,19)(H,17,20). The van der Waals surface area contributed by atoms with Gasteiger partial charge in [-0.2, -0.15) is 5.10 Å². The highest BCUT2D eigenvalue weighted by atomic mass is 79.9. The Bertz CT molecular complexity index is 671. The molecular formula is C12H10BrClN4O2. The summed E-state index contributed by atoms with van der Waals surface area (Å²) in [7, 11) is 0. The molecule has 104 valence electrons. The van der Waals surface area contributed by atoms with Gasteiger partial charge in [-0.25, -0.2) is 0 Å². The number of primary amides is 1. The molecule has 0 atom stereocenters. The average molecular weight is 358 g/mol. The first-order valence-corrected chi connectivity index (χ1v) is 6.70. The van der Waals surface area contributed by atoms with Crippen molar-refractivity contribution in [2.45, 2.75) is 6.54 Å². The van der Waals surface area contributed by atoms with Crippen LogP contribution in [0.1, 0.15) is 10.4 Å². The third-order valence-corrected chi connectivity index (χ3v) is 3.28. The molecule has 3 N–H and O–H groups in total. The minimum Gasteiger partial charge on any atom is -0.368 e. The molecule has 0 fully saturated rings. The van der Waals surface area contributed by atoms with E-state index in [1.807, 2.05) is 0 Å². The maximum atomic E-state index is 12.1. The molecule has 1 aromatic heterocycles. The van der Waals surface area contributed by atoms with Crippen LogP contribution in [-0.2, 0) is 11.3 Å². The number of carbonyl (C=O) groups excluding carboxylic acids is 2. The predicted molar refractivity (Wildman–Crippen MR) is 78.5 cm³/mol. The SMILES string of the molecule is NC(=O)Cn1cc(NC(=O)c2ccc(Cl)cc2Br)cn1. The van der Waals surface area contributed by atoms with Crippen LogP contribution in [0.15, 0.2) is 35.1 Å². The topological polar surface area (TPSA) is 90.0 Å². The van der Waals surface area contributed by atoms with Crippen LogP contribution in [0.25, 0.3) is 0 Å². The van der Waals surface area contributed by atoms with E-state index in [1.165, 1.54) is 17.1 Å². The van der Waals surface area contributed by atoms with E-state index in [0.29, 0.717) is 20.7 Å². The largest absolute Gasteiger partial charge is 0.368 e. The third-order valence-electron chi connectivity index (χ3n) is 2.38. The van der Waals surface area contributed by atoms with Crippen LogP contribution in [0.4, 0.5) is 5.69 Å². The second-order valence-corrected chi connectivity index (χ2v) is 5.26. The van der Waals surface area contributed by atoms with Gasteiger partial charge in [-0.05, 0) is 34.1 Å². The zero-order valence-electron chi connectivity index (χ0n) is 10.1. The number of nitrogens with two attached hydrogens (primary N) is 1. The van der Waals surface area contributed by atoms with Crippen LogP contribution in [0.5, 0.6) is 0 Å². The van der Waals surface area contributed by atoms with E-state index in [1.54, 1.807) is 18.2 Å². The zero-order valence-corrected chi connectivity index (χ0v) is 12.5. The van der Waals surface area contributed by atoms with Gasteiger partial charge in [0.1, 0.15) is 6.54 Å². The monoisotopic (exact) mass is 356 g/mol. The highest BCUT2D eigenvalue weighted by Gasteiger charge is 2.11. The highest BCUT2D eigenvalue weighted by Crippen LogP contribution is 2.22. The Morgan fingerprint density at radius 3 is 2.85 bits per heavy atom. The molecule has 0 aliphatic heterocycles. The molecule has 0 aliphatic carbocycles. The summed E-state index contributed by atoms with van der Waals surface area (Å²) in [5.41, 5.74) is 5.97. The fourth-order valence-corrected chi connectivity index (χ4v) is 2.41. The summed E-state index contributed by atoms with van der Waals surface area (Å²) in [6.07, 6.45) is 2.96. The minimum atomic E-state index is -0.508. The lowest BCUT2D eigenvalue weighted by atomic mass is 10.2. The molecule has 2 amide bonds. The van der Waals surface area contributed by atoms with Crippen molar-refractivity contribution in [3.05, 3.63) is 45.7 Å². The van der Waals surface area contributed by atoms with E-state index in [4.69, 9.17) is 17.3 Å². The molecule has 0 bridgehead atoms. The van der Waals surface area contributed by atoms with Crippen LogP contribution in [0, 0.1) is 0 Å². The van der Waals surface area contributed by atoms with Crippen molar-refractivity contribution in [3.63, 3.8) is 0 Å². The van der Waals surface area contributed by atoms with Crippen LogP contribution in [0.2, 0.25) is 5.02 Å². The van der Waals surface area contributed by atoms with Crippen molar-refractivity contribution in [3.8, 4) is 0 Å². The first-order chi connectivity index (χ1) is 9.45. The fourth-order valence-electron chi connectivity index (χ4n) is 1.55. The molecule has 6 nitrogen and oxygen atoms in total. The highest BCUT2D eigenvalue weighted by molar-refractivity contribution is 9.10. The first-order valence-electron chi connectivity index (χ1n) is 5.53. The number of carbonyl (C=O) groups is 2. The van der Waals surface area contributed by atoms with Gasteiger partial charge in [0.25, 0.3) is 5.91 Å². The van der Waals surface area contributed by atoms with Gasteiger partial charge < -0.3 is 11.1 Å². The minimum absolute atomic E-state index is 0.0412. The van der Waals surface area contributed by atoms with Crippen LogP contribution in [0.3, 0.4) is 0 Å². The van der Waals surface area contributed by atoms with Gasteiger partial charge in [-0.15, -0.1) is 0 Å². The third kappa shape index (κ3) is 3.58. The molecular weight excluding hydrogens is 348 g/mol. The summed E-state index contributed by atoms with van der Waals surface area (Å²) in [5, 5.41) is 7.10. The molecule has 0 saturated heterocycles. The Morgan fingerprint density at radius 1 is 1.45 bits per heavy atom. The lowest BCUT2D eigenvalue weighted by Crippen LogP contribution is -2.18. The van der Waals surface area contributed by atoms with E-state index in [9.17, 15) is 9.59 Å². The summed E-state index contributed by atoms with van der Waals surface area (Å²) in [5.74, 6) is -0.821. The van der Waals surface area contributed by atoms with Crippen molar-refractivity contribution < 1.29 is 9.59 Å². The molecule has 0 saturated carbocycles. The van der Waals surface area contributed by atoms with Gasteiger partial charge in [0.2, 0.25) is 5.91 Å². The second-order valence-electron chi connectivity index (χ2n) is 3.97. The van der Waals surface area contributed by atoms with Gasteiger partial charge in [-0.3, -0.25) is 14.3 Å². The number of halogens is 2. The number of benzene rings is 1. The van der Waals surface area contributed by atoms with Crippen molar-refractivity contribution in [1.82, 2.24) is 9.78 Å². The van der Waals surface area contributed by atoms with E-state index in [-0.39, 0.29) is 12.5 Å². The number of hydrogen-bond acceptors (Lipinski definition) is 3. The summed E-state index contributed by atoms with van der Waals surface area (Å²) in [4.78, 5) is 22.8. The fraction of sp³-hybridized carbons (Fsp3) is 0.0833. The smallest absolute Gasteiger partial charge is 0.256 e. The molecule has 0 unspecified atom stereocenters. The second kappa shape index (κ2) is 6.06. The number of nitrogens with one attached hydrogen (secondary N) is 1. The molecule has 0 radical (unpaired) electrons. The molecule has 2 aromatic rings. The maximum Gasteiger partial charge on any atom is 0.256 e. The van der Waals surface area contributed by atoms with Crippen LogP contribution < -0.4 is 11.1 Å². The summed E-state index contributed by atoms with van der Waals surface area (Å²) in [6, 6.07) is 4.86. The average Bonchev–Trinajstić information content (AvgIpc) is 2.75. The molecule has 0 aliphatic rings. The van der Waals surface area contributed by atoms with Gasteiger partial charge in [-0.1, -0.05) is 11.6 Å². The van der Waals surface area contributed by atoms with Gasteiger partial charge in [0, 0.05) is 15.7 Å². The number of anilines is 1. The normalized spacial score (nSPS) is 10.3. The maximum absolute atomic E-state index is 12.1. The van der Waals surface area contributed by atoms with E-state index < -0.39 is 5.91 Å². The summed E-state index contributed by atoms with van der Waals surface area (Å²) >= 11 is 9.09.